The summed E-state index contributed by atoms with van der Waals surface area (Å²) in [5, 5.41) is 3.35. The first kappa shape index (κ1) is 27.6. The SMILES string of the molecule is CC(C)COc1ccc(C(Cc2ccc(F)cc2)C(=O)NC2CCN(CCCN3CCCC3)CC2)cc1. The van der Waals surface area contributed by atoms with Gasteiger partial charge in [0.05, 0.1) is 12.5 Å². The highest BCUT2D eigenvalue weighted by atomic mass is 19.1. The second-order valence-electron chi connectivity index (χ2n) is 11.2. The van der Waals surface area contributed by atoms with Crippen molar-refractivity contribution < 1.29 is 13.9 Å². The second-order valence-corrected chi connectivity index (χ2v) is 11.2. The highest BCUT2D eigenvalue weighted by Gasteiger charge is 2.26. The highest BCUT2D eigenvalue weighted by Crippen LogP contribution is 2.25. The normalized spacial score (nSPS) is 18.3. The summed E-state index contributed by atoms with van der Waals surface area (Å²) < 4.78 is 19.3. The number of amides is 1. The van der Waals surface area contributed by atoms with Gasteiger partial charge in [0.25, 0.3) is 0 Å². The summed E-state index contributed by atoms with van der Waals surface area (Å²) >= 11 is 0. The maximum absolute atomic E-state index is 13.5. The van der Waals surface area contributed by atoms with Crippen molar-refractivity contribution in [1.29, 1.82) is 0 Å². The monoisotopic (exact) mass is 509 g/mol. The van der Waals surface area contributed by atoms with E-state index in [0.717, 1.165) is 49.4 Å². The summed E-state index contributed by atoms with van der Waals surface area (Å²) in [4.78, 5) is 18.7. The molecule has 0 saturated carbocycles. The number of likely N-dealkylation sites (tertiary alicyclic amines) is 2. The fourth-order valence-electron chi connectivity index (χ4n) is 5.40. The molecule has 6 heteroatoms. The number of piperidine rings is 1. The predicted molar refractivity (Wildman–Crippen MR) is 148 cm³/mol. The third-order valence-corrected chi connectivity index (χ3v) is 7.62. The quantitative estimate of drug-likeness (QED) is 0.424. The number of rotatable bonds is 12. The molecule has 2 heterocycles. The number of nitrogens with zero attached hydrogens (tertiary/aromatic N) is 2. The van der Waals surface area contributed by atoms with Crippen LogP contribution in [-0.4, -0.2) is 67.6 Å². The third kappa shape index (κ3) is 8.82. The fourth-order valence-corrected chi connectivity index (χ4v) is 5.40. The molecule has 1 atom stereocenters. The van der Waals surface area contributed by atoms with Crippen molar-refractivity contribution in [2.75, 3.05) is 45.9 Å². The van der Waals surface area contributed by atoms with Crippen LogP contribution in [0.5, 0.6) is 5.75 Å². The molecule has 2 fully saturated rings. The van der Waals surface area contributed by atoms with Gasteiger partial charge in [-0.05, 0) is 106 Å². The van der Waals surface area contributed by atoms with Crippen LogP contribution in [0.2, 0.25) is 0 Å². The van der Waals surface area contributed by atoms with E-state index in [1.54, 1.807) is 12.1 Å². The standard InChI is InChI=1S/C31H44FN3O2/c1-24(2)23-37-29-12-8-26(9-13-29)30(22-25-6-10-27(32)11-7-25)31(36)33-28-14-20-35(21-15-28)19-5-18-34-16-3-4-17-34/h6-13,24,28,30H,3-5,14-23H2,1-2H3,(H,33,36). The minimum Gasteiger partial charge on any atom is -0.493 e. The molecule has 0 aromatic heterocycles. The third-order valence-electron chi connectivity index (χ3n) is 7.62. The van der Waals surface area contributed by atoms with Crippen molar-refractivity contribution in [3.05, 3.63) is 65.5 Å². The Morgan fingerprint density at radius 3 is 2.19 bits per heavy atom. The van der Waals surface area contributed by atoms with Crippen molar-refractivity contribution in [1.82, 2.24) is 15.1 Å². The molecule has 2 aromatic carbocycles. The molecule has 0 spiro atoms. The largest absolute Gasteiger partial charge is 0.493 e. The van der Waals surface area contributed by atoms with E-state index in [1.165, 1.54) is 51.0 Å². The van der Waals surface area contributed by atoms with Gasteiger partial charge in [0.1, 0.15) is 11.6 Å². The Kier molecular flexibility index (Phi) is 10.4. The van der Waals surface area contributed by atoms with Crippen molar-refractivity contribution in [3.63, 3.8) is 0 Å². The van der Waals surface area contributed by atoms with Gasteiger partial charge in [0, 0.05) is 19.1 Å². The van der Waals surface area contributed by atoms with Crippen molar-refractivity contribution in [3.8, 4) is 5.75 Å². The number of hydrogen-bond donors (Lipinski definition) is 1. The lowest BCUT2D eigenvalue weighted by Crippen LogP contribution is -2.46. The van der Waals surface area contributed by atoms with Crippen molar-refractivity contribution in [2.45, 2.75) is 64.3 Å². The molecular weight excluding hydrogens is 465 g/mol. The van der Waals surface area contributed by atoms with E-state index >= 15 is 0 Å². The van der Waals surface area contributed by atoms with Crippen LogP contribution >= 0.6 is 0 Å². The molecule has 5 nitrogen and oxygen atoms in total. The van der Waals surface area contributed by atoms with Crippen LogP contribution in [0.1, 0.15) is 63.0 Å². The van der Waals surface area contributed by atoms with Gasteiger partial charge >= 0.3 is 0 Å². The van der Waals surface area contributed by atoms with Gasteiger partial charge < -0.3 is 19.9 Å². The van der Waals surface area contributed by atoms with Gasteiger partial charge in [0.2, 0.25) is 5.91 Å². The average molecular weight is 510 g/mol. The molecule has 2 aliphatic heterocycles. The Morgan fingerprint density at radius 2 is 1.57 bits per heavy atom. The predicted octanol–water partition coefficient (Wildman–Crippen LogP) is 5.25. The molecule has 0 radical (unpaired) electrons. The van der Waals surface area contributed by atoms with E-state index < -0.39 is 0 Å². The first-order valence-corrected chi connectivity index (χ1v) is 14.2. The molecule has 202 valence electrons. The maximum Gasteiger partial charge on any atom is 0.228 e. The van der Waals surface area contributed by atoms with E-state index in [-0.39, 0.29) is 23.7 Å². The number of ether oxygens (including phenoxy) is 1. The zero-order valence-electron chi connectivity index (χ0n) is 22.6. The summed E-state index contributed by atoms with van der Waals surface area (Å²) in [5.74, 6) is 0.725. The number of carbonyl (C=O) groups excluding carboxylic acids is 1. The Hall–Kier alpha value is -2.44. The van der Waals surface area contributed by atoms with Gasteiger partial charge in [-0.1, -0.05) is 38.1 Å². The molecule has 37 heavy (non-hydrogen) atoms. The van der Waals surface area contributed by atoms with Gasteiger partial charge in [-0.25, -0.2) is 4.39 Å². The Labute approximate surface area is 222 Å². The number of halogens is 1. The molecule has 0 bridgehead atoms. The summed E-state index contributed by atoms with van der Waals surface area (Å²) in [5.41, 5.74) is 1.91. The Morgan fingerprint density at radius 1 is 0.946 bits per heavy atom. The van der Waals surface area contributed by atoms with E-state index in [2.05, 4.69) is 29.0 Å². The van der Waals surface area contributed by atoms with Crippen LogP contribution in [-0.2, 0) is 11.2 Å². The zero-order valence-corrected chi connectivity index (χ0v) is 22.6. The topological polar surface area (TPSA) is 44.8 Å². The lowest BCUT2D eigenvalue weighted by Gasteiger charge is -2.33. The van der Waals surface area contributed by atoms with E-state index in [0.29, 0.717) is 18.9 Å². The van der Waals surface area contributed by atoms with Gasteiger partial charge in [-0.2, -0.15) is 0 Å². The minimum absolute atomic E-state index is 0.0488. The van der Waals surface area contributed by atoms with Crippen LogP contribution in [0.3, 0.4) is 0 Å². The summed E-state index contributed by atoms with van der Waals surface area (Å²) in [7, 11) is 0. The summed E-state index contributed by atoms with van der Waals surface area (Å²) in [6.45, 7) is 11.9. The lowest BCUT2D eigenvalue weighted by atomic mass is 9.90. The van der Waals surface area contributed by atoms with Gasteiger partial charge in [0.15, 0.2) is 0 Å². The number of nitrogens with one attached hydrogen (secondary N) is 1. The first-order chi connectivity index (χ1) is 18.0. The Balaban J connectivity index is 1.32. The van der Waals surface area contributed by atoms with Crippen LogP contribution in [0, 0.1) is 11.7 Å². The molecule has 0 aliphatic carbocycles. The summed E-state index contributed by atoms with van der Waals surface area (Å²) in [6, 6.07) is 14.6. The zero-order chi connectivity index (χ0) is 26.0. The molecule has 1 amide bonds. The van der Waals surface area contributed by atoms with E-state index in [4.69, 9.17) is 4.74 Å². The molecule has 2 aliphatic rings. The second kappa shape index (κ2) is 13.9. The van der Waals surface area contributed by atoms with Gasteiger partial charge in [-0.3, -0.25) is 4.79 Å². The smallest absolute Gasteiger partial charge is 0.228 e. The minimum atomic E-state index is -0.330. The van der Waals surface area contributed by atoms with Crippen molar-refractivity contribution >= 4 is 5.91 Å². The van der Waals surface area contributed by atoms with Crippen LogP contribution in [0.25, 0.3) is 0 Å². The summed E-state index contributed by atoms with van der Waals surface area (Å²) in [6.07, 6.45) is 6.44. The van der Waals surface area contributed by atoms with E-state index in [9.17, 15) is 9.18 Å². The highest BCUT2D eigenvalue weighted by molar-refractivity contribution is 5.84. The molecular formula is C31H44FN3O2. The van der Waals surface area contributed by atoms with E-state index in [1.807, 2.05) is 24.3 Å². The number of hydrogen-bond acceptors (Lipinski definition) is 4. The lowest BCUT2D eigenvalue weighted by molar-refractivity contribution is -0.123. The van der Waals surface area contributed by atoms with Crippen LogP contribution in [0.15, 0.2) is 48.5 Å². The number of benzene rings is 2. The molecule has 4 rings (SSSR count). The van der Waals surface area contributed by atoms with Crippen LogP contribution in [0.4, 0.5) is 4.39 Å². The van der Waals surface area contributed by atoms with Crippen molar-refractivity contribution in [2.24, 2.45) is 5.92 Å². The molecule has 2 saturated heterocycles. The molecule has 1 N–H and O–H groups in total. The average Bonchev–Trinajstić information content (AvgIpc) is 3.42. The number of carbonyl (C=O) groups is 1. The maximum atomic E-state index is 13.5. The molecule has 1 unspecified atom stereocenters. The molecule has 2 aromatic rings. The Bertz CT molecular complexity index is 949. The van der Waals surface area contributed by atoms with Gasteiger partial charge in [-0.15, -0.1) is 0 Å². The van der Waals surface area contributed by atoms with Crippen LogP contribution < -0.4 is 10.1 Å². The fraction of sp³-hybridized carbons (Fsp3) is 0.581. The first-order valence-electron chi connectivity index (χ1n) is 14.2.